The number of likely N-dealkylation sites (N-methyl/N-ethyl adjacent to an activating group) is 1. The van der Waals surface area contributed by atoms with Crippen LogP contribution in [0, 0.1) is 0 Å². The van der Waals surface area contributed by atoms with E-state index in [1.165, 1.54) is 0 Å². The van der Waals surface area contributed by atoms with Crippen molar-refractivity contribution < 1.29 is 9.84 Å². The number of hydrogen-bond acceptors (Lipinski definition) is 4. The van der Waals surface area contributed by atoms with E-state index in [0.717, 1.165) is 18.7 Å². The summed E-state index contributed by atoms with van der Waals surface area (Å²) in [5.74, 6) is 0.790. The van der Waals surface area contributed by atoms with Crippen LogP contribution >= 0.6 is 0 Å². The Morgan fingerprint density at radius 3 is 2.71 bits per heavy atom. The van der Waals surface area contributed by atoms with Crippen LogP contribution in [0.25, 0.3) is 0 Å². The highest BCUT2D eigenvalue weighted by atomic mass is 16.5. The summed E-state index contributed by atoms with van der Waals surface area (Å²) in [7, 11) is 0. The van der Waals surface area contributed by atoms with Crippen LogP contribution < -0.4 is 10.5 Å². The second-order valence-electron chi connectivity index (χ2n) is 3.85. The molecule has 0 radical (unpaired) electrons. The highest BCUT2D eigenvalue weighted by Crippen LogP contribution is 2.30. The third kappa shape index (κ3) is 3.91. The number of rotatable bonds is 7. The van der Waals surface area contributed by atoms with E-state index in [1.807, 2.05) is 19.1 Å². The van der Waals surface area contributed by atoms with Gasteiger partial charge >= 0.3 is 0 Å². The van der Waals surface area contributed by atoms with Crippen molar-refractivity contribution in [3.8, 4) is 11.5 Å². The summed E-state index contributed by atoms with van der Waals surface area (Å²) >= 11 is 0. The molecule has 0 aromatic heterocycles. The zero-order valence-electron chi connectivity index (χ0n) is 10.6. The lowest BCUT2D eigenvalue weighted by Crippen LogP contribution is -2.28. The molecule has 0 heterocycles. The molecular formula is C13H22N2O2. The summed E-state index contributed by atoms with van der Waals surface area (Å²) in [6.45, 7) is 7.60. The molecule has 1 aromatic rings. The Morgan fingerprint density at radius 2 is 2.12 bits per heavy atom. The average Bonchev–Trinajstić information content (AvgIpc) is 2.33. The van der Waals surface area contributed by atoms with Gasteiger partial charge in [-0.25, -0.2) is 0 Å². The van der Waals surface area contributed by atoms with Crippen LogP contribution in [0.3, 0.4) is 0 Å². The van der Waals surface area contributed by atoms with Crippen molar-refractivity contribution in [2.45, 2.75) is 20.4 Å². The minimum atomic E-state index is 0.241. The topological polar surface area (TPSA) is 58.7 Å². The van der Waals surface area contributed by atoms with Crippen molar-refractivity contribution in [3.63, 3.8) is 0 Å². The lowest BCUT2D eigenvalue weighted by Gasteiger charge is -2.20. The number of para-hydroxylation sites is 1. The molecule has 0 aliphatic carbocycles. The molecule has 0 amide bonds. The van der Waals surface area contributed by atoms with Crippen LogP contribution in [0.15, 0.2) is 18.2 Å². The van der Waals surface area contributed by atoms with Crippen LogP contribution in [-0.4, -0.2) is 36.2 Å². The molecule has 4 nitrogen and oxygen atoms in total. The first kappa shape index (κ1) is 13.8. The highest BCUT2D eigenvalue weighted by molar-refractivity contribution is 5.45. The summed E-state index contributed by atoms with van der Waals surface area (Å²) in [5, 5.41) is 10.0. The van der Waals surface area contributed by atoms with E-state index in [0.29, 0.717) is 25.4 Å². The molecule has 0 atom stereocenters. The first-order valence-corrected chi connectivity index (χ1v) is 6.09. The molecule has 17 heavy (non-hydrogen) atoms. The zero-order valence-corrected chi connectivity index (χ0v) is 10.6. The van der Waals surface area contributed by atoms with Gasteiger partial charge in [-0.05, 0) is 19.5 Å². The molecule has 0 saturated heterocycles. The Bertz CT molecular complexity index is 342. The van der Waals surface area contributed by atoms with Crippen LogP contribution in [0.5, 0.6) is 11.5 Å². The SMILES string of the molecule is CCOc1cccc(CN(CC)CCN)c1O. The Labute approximate surface area is 103 Å². The summed E-state index contributed by atoms with van der Waals surface area (Å²) in [6, 6.07) is 5.59. The maximum atomic E-state index is 10.0. The molecular weight excluding hydrogens is 216 g/mol. The van der Waals surface area contributed by atoms with Gasteiger partial charge in [0.1, 0.15) is 0 Å². The van der Waals surface area contributed by atoms with Gasteiger partial charge in [-0.3, -0.25) is 4.90 Å². The molecule has 96 valence electrons. The third-order valence-electron chi connectivity index (χ3n) is 2.67. The summed E-state index contributed by atoms with van der Waals surface area (Å²) in [4.78, 5) is 2.19. The van der Waals surface area contributed by atoms with E-state index in [1.54, 1.807) is 6.07 Å². The molecule has 0 aliphatic rings. The lowest BCUT2D eigenvalue weighted by atomic mass is 10.1. The second kappa shape index (κ2) is 7.14. The number of nitrogens with zero attached hydrogens (tertiary/aromatic N) is 1. The Hall–Kier alpha value is -1.26. The smallest absolute Gasteiger partial charge is 0.162 e. The Kier molecular flexibility index (Phi) is 5.80. The number of ether oxygens (including phenoxy) is 1. The van der Waals surface area contributed by atoms with Gasteiger partial charge in [-0.15, -0.1) is 0 Å². The van der Waals surface area contributed by atoms with Crippen molar-refractivity contribution in [3.05, 3.63) is 23.8 Å². The zero-order chi connectivity index (χ0) is 12.7. The van der Waals surface area contributed by atoms with Crippen molar-refractivity contribution in [2.75, 3.05) is 26.2 Å². The first-order valence-electron chi connectivity index (χ1n) is 6.09. The average molecular weight is 238 g/mol. The monoisotopic (exact) mass is 238 g/mol. The molecule has 3 N–H and O–H groups in total. The molecule has 4 heteroatoms. The maximum absolute atomic E-state index is 10.0. The number of aromatic hydroxyl groups is 1. The third-order valence-corrected chi connectivity index (χ3v) is 2.67. The van der Waals surface area contributed by atoms with Gasteiger partial charge in [0.25, 0.3) is 0 Å². The largest absolute Gasteiger partial charge is 0.504 e. The van der Waals surface area contributed by atoms with E-state index < -0.39 is 0 Å². The molecule has 0 aliphatic heterocycles. The number of nitrogens with two attached hydrogens (primary N) is 1. The van der Waals surface area contributed by atoms with E-state index >= 15 is 0 Å². The highest BCUT2D eigenvalue weighted by Gasteiger charge is 2.10. The van der Waals surface area contributed by atoms with E-state index in [4.69, 9.17) is 10.5 Å². The van der Waals surface area contributed by atoms with Gasteiger partial charge in [-0.1, -0.05) is 19.1 Å². The van der Waals surface area contributed by atoms with Gasteiger partial charge in [0.15, 0.2) is 11.5 Å². The van der Waals surface area contributed by atoms with Crippen LogP contribution in [0.4, 0.5) is 0 Å². The number of phenols is 1. The molecule has 0 fully saturated rings. The number of phenolic OH excluding ortho intramolecular Hbond substituents is 1. The quantitative estimate of drug-likeness (QED) is 0.757. The van der Waals surface area contributed by atoms with E-state index in [2.05, 4.69) is 11.8 Å². The van der Waals surface area contributed by atoms with Gasteiger partial charge in [0, 0.05) is 25.2 Å². The number of benzene rings is 1. The second-order valence-corrected chi connectivity index (χ2v) is 3.85. The van der Waals surface area contributed by atoms with Crippen molar-refractivity contribution in [1.29, 1.82) is 0 Å². The van der Waals surface area contributed by atoms with Gasteiger partial charge in [0.05, 0.1) is 6.61 Å². The van der Waals surface area contributed by atoms with Gasteiger partial charge in [0.2, 0.25) is 0 Å². The summed E-state index contributed by atoms with van der Waals surface area (Å²) in [6.07, 6.45) is 0. The molecule has 0 spiro atoms. The standard InChI is InChI=1S/C13H22N2O2/c1-3-15(9-8-14)10-11-6-5-7-12(13(11)16)17-4-2/h5-7,16H,3-4,8-10,14H2,1-2H3. The summed E-state index contributed by atoms with van der Waals surface area (Å²) in [5.41, 5.74) is 6.43. The fourth-order valence-electron chi connectivity index (χ4n) is 1.74. The molecule has 0 saturated carbocycles. The fraction of sp³-hybridized carbons (Fsp3) is 0.538. The molecule has 0 unspecified atom stereocenters. The van der Waals surface area contributed by atoms with Gasteiger partial charge in [-0.2, -0.15) is 0 Å². The lowest BCUT2D eigenvalue weighted by molar-refractivity contribution is 0.277. The normalized spacial score (nSPS) is 10.8. The van der Waals surface area contributed by atoms with Crippen molar-refractivity contribution >= 4 is 0 Å². The van der Waals surface area contributed by atoms with Crippen molar-refractivity contribution in [1.82, 2.24) is 4.90 Å². The Balaban J connectivity index is 2.79. The Morgan fingerprint density at radius 1 is 1.35 bits per heavy atom. The predicted molar refractivity (Wildman–Crippen MR) is 69.3 cm³/mol. The molecule has 0 bridgehead atoms. The molecule has 1 aromatic carbocycles. The van der Waals surface area contributed by atoms with Gasteiger partial charge < -0.3 is 15.6 Å². The fourth-order valence-corrected chi connectivity index (χ4v) is 1.74. The first-order chi connectivity index (χ1) is 8.22. The predicted octanol–water partition coefficient (Wildman–Crippen LogP) is 1.57. The molecule has 1 rings (SSSR count). The van der Waals surface area contributed by atoms with E-state index in [9.17, 15) is 5.11 Å². The van der Waals surface area contributed by atoms with Crippen LogP contribution in [0.1, 0.15) is 19.4 Å². The van der Waals surface area contributed by atoms with E-state index in [-0.39, 0.29) is 5.75 Å². The van der Waals surface area contributed by atoms with Crippen molar-refractivity contribution in [2.24, 2.45) is 5.73 Å². The van der Waals surface area contributed by atoms with Crippen LogP contribution in [0.2, 0.25) is 0 Å². The number of hydrogen-bond donors (Lipinski definition) is 2. The minimum absolute atomic E-state index is 0.241. The van der Waals surface area contributed by atoms with Crippen LogP contribution in [-0.2, 0) is 6.54 Å². The maximum Gasteiger partial charge on any atom is 0.162 e. The summed E-state index contributed by atoms with van der Waals surface area (Å²) < 4.78 is 5.36. The minimum Gasteiger partial charge on any atom is -0.504 e.